The number of carbonyl (C=O) groups excluding carboxylic acids is 1. The molecule has 2 aromatic rings. The Morgan fingerprint density at radius 1 is 1.21 bits per heavy atom. The molecule has 148 valence electrons. The van der Waals surface area contributed by atoms with Crippen LogP contribution in [0, 0.1) is 5.82 Å². The largest absolute Gasteiger partial charge is 0.395 e. The molecule has 0 fully saturated rings. The van der Waals surface area contributed by atoms with Gasteiger partial charge in [0.2, 0.25) is 0 Å². The van der Waals surface area contributed by atoms with Crippen molar-refractivity contribution in [1.29, 1.82) is 0 Å². The molecule has 0 aliphatic heterocycles. The summed E-state index contributed by atoms with van der Waals surface area (Å²) in [5.74, 6) is -0.796. The number of fused-ring (bicyclic) bond motifs is 1. The summed E-state index contributed by atoms with van der Waals surface area (Å²) in [6, 6.07) is 12.9. The molecule has 5 nitrogen and oxygen atoms in total. The first kappa shape index (κ1) is 20.2. The maximum atomic E-state index is 13.1. The van der Waals surface area contributed by atoms with Crippen molar-refractivity contribution in [2.45, 2.75) is 25.3 Å². The predicted octanol–water partition coefficient (Wildman–Crippen LogP) is 2.87. The summed E-state index contributed by atoms with van der Waals surface area (Å²) in [7, 11) is 0. The van der Waals surface area contributed by atoms with Gasteiger partial charge in [0.15, 0.2) is 0 Å². The molecule has 3 rings (SSSR count). The van der Waals surface area contributed by atoms with E-state index in [1.165, 1.54) is 29.3 Å². The van der Waals surface area contributed by atoms with Crippen molar-refractivity contribution in [2.75, 3.05) is 19.7 Å². The Balaban J connectivity index is 1.70. The zero-order valence-electron chi connectivity index (χ0n) is 15.6. The van der Waals surface area contributed by atoms with Gasteiger partial charge in [-0.05, 0) is 59.7 Å². The van der Waals surface area contributed by atoms with Crippen LogP contribution < -0.4 is 5.48 Å². The second-order valence-electron chi connectivity index (χ2n) is 6.96. The Morgan fingerprint density at radius 2 is 2.00 bits per heavy atom. The van der Waals surface area contributed by atoms with Crippen molar-refractivity contribution in [2.24, 2.45) is 0 Å². The van der Waals surface area contributed by atoms with Crippen LogP contribution >= 0.6 is 0 Å². The van der Waals surface area contributed by atoms with Crippen LogP contribution in [0.15, 0.2) is 48.5 Å². The van der Waals surface area contributed by atoms with Gasteiger partial charge in [-0.25, -0.2) is 9.87 Å². The highest BCUT2D eigenvalue weighted by Crippen LogP contribution is 2.36. The number of aliphatic hydroxyl groups is 1. The van der Waals surface area contributed by atoms with E-state index in [0.717, 1.165) is 36.9 Å². The molecule has 0 saturated carbocycles. The van der Waals surface area contributed by atoms with Crippen molar-refractivity contribution >= 4 is 12.0 Å². The van der Waals surface area contributed by atoms with Gasteiger partial charge >= 0.3 is 0 Å². The van der Waals surface area contributed by atoms with E-state index in [0.29, 0.717) is 6.54 Å². The lowest BCUT2D eigenvalue weighted by molar-refractivity contribution is -0.124. The van der Waals surface area contributed by atoms with E-state index >= 15 is 0 Å². The molecule has 1 atom stereocenters. The third-order valence-corrected chi connectivity index (χ3v) is 5.18. The zero-order chi connectivity index (χ0) is 19.9. The average Bonchev–Trinajstić information content (AvgIpc) is 3.13. The smallest absolute Gasteiger partial charge is 0.267 e. The maximum absolute atomic E-state index is 13.1. The number of carbonyl (C=O) groups is 1. The number of hydroxylamine groups is 1. The Labute approximate surface area is 164 Å². The van der Waals surface area contributed by atoms with Gasteiger partial charge in [-0.15, -0.1) is 0 Å². The lowest BCUT2D eigenvalue weighted by atomic mass is 10.0. The fourth-order valence-corrected chi connectivity index (χ4v) is 3.78. The summed E-state index contributed by atoms with van der Waals surface area (Å²) in [6.45, 7) is 1.46. The lowest BCUT2D eigenvalue weighted by Gasteiger charge is -2.29. The third kappa shape index (κ3) is 5.04. The Bertz CT molecular complexity index is 836. The molecule has 0 saturated heterocycles. The number of nitrogens with one attached hydrogen (secondary N) is 1. The molecule has 0 spiro atoms. The summed E-state index contributed by atoms with van der Waals surface area (Å²) in [5.41, 5.74) is 6.04. The molecule has 2 aromatic carbocycles. The van der Waals surface area contributed by atoms with Gasteiger partial charge in [0, 0.05) is 25.2 Å². The van der Waals surface area contributed by atoms with E-state index in [2.05, 4.69) is 17.0 Å². The minimum absolute atomic E-state index is 0.0896. The molecule has 1 amide bonds. The van der Waals surface area contributed by atoms with Gasteiger partial charge in [0.1, 0.15) is 5.82 Å². The average molecular weight is 384 g/mol. The first-order valence-corrected chi connectivity index (χ1v) is 9.45. The van der Waals surface area contributed by atoms with E-state index in [9.17, 15) is 14.3 Å². The van der Waals surface area contributed by atoms with Gasteiger partial charge in [-0.2, -0.15) is 0 Å². The summed E-state index contributed by atoms with van der Waals surface area (Å²) in [5, 5.41) is 18.1. The summed E-state index contributed by atoms with van der Waals surface area (Å²) < 4.78 is 13.1. The van der Waals surface area contributed by atoms with Crippen LogP contribution in [-0.4, -0.2) is 40.8 Å². The minimum Gasteiger partial charge on any atom is -0.395 e. The normalized spacial score (nSPS) is 15.9. The second kappa shape index (κ2) is 9.59. The van der Waals surface area contributed by atoms with Crippen LogP contribution in [0.25, 0.3) is 6.08 Å². The van der Waals surface area contributed by atoms with Gasteiger partial charge in [0.05, 0.1) is 6.61 Å². The highest BCUT2D eigenvalue weighted by molar-refractivity contribution is 5.90. The molecule has 0 heterocycles. The first-order chi connectivity index (χ1) is 13.6. The third-order valence-electron chi connectivity index (χ3n) is 5.18. The summed E-state index contributed by atoms with van der Waals surface area (Å²) in [4.78, 5) is 13.4. The number of aliphatic hydroxyl groups excluding tert-OH is 1. The Kier molecular flexibility index (Phi) is 6.92. The molecular formula is C22H25FN2O3. The van der Waals surface area contributed by atoms with Crippen molar-refractivity contribution in [3.63, 3.8) is 0 Å². The van der Waals surface area contributed by atoms with Crippen LogP contribution in [-0.2, 0) is 17.6 Å². The highest BCUT2D eigenvalue weighted by atomic mass is 19.1. The first-order valence-electron chi connectivity index (χ1n) is 9.45. The number of hydrogen-bond donors (Lipinski definition) is 3. The molecule has 0 radical (unpaired) electrons. The number of nitrogens with zero attached hydrogens (tertiary/aromatic N) is 1. The van der Waals surface area contributed by atoms with E-state index in [-0.39, 0.29) is 18.5 Å². The number of benzene rings is 2. The van der Waals surface area contributed by atoms with Crippen LogP contribution in [0.3, 0.4) is 0 Å². The molecule has 0 aromatic heterocycles. The van der Waals surface area contributed by atoms with Crippen LogP contribution in [0.5, 0.6) is 0 Å². The van der Waals surface area contributed by atoms with Crippen molar-refractivity contribution in [3.05, 3.63) is 76.6 Å². The maximum Gasteiger partial charge on any atom is 0.267 e. The number of amides is 1. The van der Waals surface area contributed by atoms with Crippen LogP contribution in [0.2, 0.25) is 0 Å². The fraction of sp³-hybridized carbons (Fsp3) is 0.318. The quantitative estimate of drug-likeness (QED) is 0.372. The monoisotopic (exact) mass is 384 g/mol. The van der Waals surface area contributed by atoms with Crippen molar-refractivity contribution in [3.8, 4) is 0 Å². The molecule has 28 heavy (non-hydrogen) atoms. The summed E-state index contributed by atoms with van der Waals surface area (Å²) >= 11 is 0. The standard InChI is InChI=1S/C22H25FN2O3/c23-19-6-1-16(2-7-19)11-12-25(13-14-26)21-9-5-18-15-17(3-8-20(18)21)4-10-22(27)24-28/h1-4,6-8,10,15,21,26,28H,5,9,11-14H2,(H,24,27)/b10-4+. The Hall–Kier alpha value is -2.54. The second-order valence-corrected chi connectivity index (χ2v) is 6.96. The number of rotatable bonds is 8. The van der Waals surface area contributed by atoms with Gasteiger partial charge in [-0.3, -0.25) is 14.9 Å². The van der Waals surface area contributed by atoms with Gasteiger partial charge < -0.3 is 5.11 Å². The Morgan fingerprint density at radius 3 is 2.71 bits per heavy atom. The van der Waals surface area contributed by atoms with Crippen molar-refractivity contribution < 1.29 is 19.5 Å². The minimum atomic E-state index is -0.562. The summed E-state index contributed by atoms with van der Waals surface area (Å²) in [6.07, 6.45) is 5.66. The van der Waals surface area contributed by atoms with E-state index in [1.807, 2.05) is 6.07 Å². The fourth-order valence-electron chi connectivity index (χ4n) is 3.78. The number of hydrogen-bond acceptors (Lipinski definition) is 4. The molecular weight excluding hydrogens is 359 g/mol. The SMILES string of the molecule is O=C(/C=C/c1ccc2c(c1)CCC2N(CCO)CCc1ccc(F)cc1)NO. The molecule has 3 N–H and O–H groups in total. The molecule has 0 bridgehead atoms. The lowest BCUT2D eigenvalue weighted by Crippen LogP contribution is -2.32. The molecule has 1 aliphatic carbocycles. The van der Waals surface area contributed by atoms with Gasteiger partial charge in [-0.1, -0.05) is 30.3 Å². The van der Waals surface area contributed by atoms with E-state index < -0.39 is 5.91 Å². The van der Waals surface area contributed by atoms with E-state index in [1.54, 1.807) is 23.7 Å². The molecule has 1 unspecified atom stereocenters. The van der Waals surface area contributed by atoms with Gasteiger partial charge in [0.25, 0.3) is 5.91 Å². The topological polar surface area (TPSA) is 72.8 Å². The van der Waals surface area contributed by atoms with Crippen LogP contribution in [0.1, 0.15) is 34.7 Å². The van der Waals surface area contributed by atoms with Crippen LogP contribution in [0.4, 0.5) is 4.39 Å². The highest BCUT2D eigenvalue weighted by Gasteiger charge is 2.27. The zero-order valence-corrected chi connectivity index (χ0v) is 15.6. The molecule has 1 aliphatic rings. The number of halogens is 1. The van der Waals surface area contributed by atoms with E-state index in [4.69, 9.17) is 5.21 Å². The predicted molar refractivity (Wildman–Crippen MR) is 105 cm³/mol. The molecule has 6 heteroatoms. The number of aryl methyl sites for hydroxylation is 1. The van der Waals surface area contributed by atoms with Crippen molar-refractivity contribution in [1.82, 2.24) is 10.4 Å².